The van der Waals surface area contributed by atoms with Crippen molar-refractivity contribution in [2.24, 2.45) is 5.92 Å². The molecule has 1 aromatic rings. The zero-order valence-electron chi connectivity index (χ0n) is 13.0. The Morgan fingerprint density at radius 2 is 1.90 bits per heavy atom. The minimum absolute atomic E-state index is 0.586. The van der Waals surface area contributed by atoms with Crippen LogP contribution in [0.3, 0.4) is 0 Å². The highest BCUT2D eigenvalue weighted by molar-refractivity contribution is 5.47. The Balaban J connectivity index is 1.99. The fraction of sp³-hybridized carbons (Fsp3) is 0.733. The molecule has 1 aliphatic heterocycles. The SMILES string of the molecule is CCCc1nc(N)cc(N2CCN(CC(C)C)CC2)n1. The molecule has 1 saturated heterocycles. The fourth-order valence-corrected chi connectivity index (χ4v) is 2.68. The maximum atomic E-state index is 5.90. The Bertz CT molecular complexity index is 424. The molecule has 0 radical (unpaired) electrons. The number of hydrogen-bond acceptors (Lipinski definition) is 5. The van der Waals surface area contributed by atoms with Gasteiger partial charge >= 0.3 is 0 Å². The molecule has 0 unspecified atom stereocenters. The van der Waals surface area contributed by atoms with Crippen LogP contribution in [0.2, 0.25) is 0 Å². The third-order valence-electron chi connectivity index (χ3n) is 3.57. The van der Waals surface area contributed by atoms with Gasteiger partial charge in [-0.25, -0.2) is 9.97 Å². The topological polar surface area (TPSA) is 58.3 Å². The number of anilines is 2. The summed E-state index contributed by atoms with van der Waals surface area (Å²) in [4.78, 5) is 13.8. The van der Waals surface area contributed by atoms with Crippen molar-refractivity contribution in [2.45, 2.75) is 33.6 Å². The lowest BCUT2D eigenvalue weighted by Crippen LogP contribution is -2.47. The minimum atomic E-state index is 0.586. The van der Waals surface area contributed by atoms with E-state index in [1.807, 2.05) is 6.07 Å². The molecule has 1 aliphatic rings. The maximum absolute atomic E-state index is 5.90. The van der Waals surface area contributed by atoms with Gasteiger partial charge in [0.15, 0.2) is 0 Å². The Morgan fingerprint density at radius 1 is 1.20 bits per heavy atom. The first kappa shape index (κ1) is 15.0. The van der Waals surface area contributed by atoms with Gasteiger partial charge in [0.2, 0.25) is 0 Å². The van der Waals surface area contributed by atoms with Gasteiger partial charge in [0, 0.05) is 45.2 Å². The average molecular weight is 277 g/mol. The van der Waals surface area contributed by atoms with Crippen LogP contribution in [0.5, 0.6) is 0 Å². The Morgan fingerprint density at radius 3 is 2.50 bits per heavy atom. The van der Waals surface area contributed by atoms with E-state index in [2.05, 4.69) is 40.5 Å². The first-order chi connectivity index (χ1) is 9.58. The summed E-state index contributed by atoms with van der Waals surface area (Å²) in [5, 5.41) is 0. The van der Waals surface area contributed by atoms with Gasteiger partial charge in [-0.2, -0.15) is 0 Å². The van der Waals surface area contributed by atoms with Gasteiger partial charge in [-0.3, -0.25) is 4.90 Å². The van der Waals surface area contributed by atoms with Crippen molar-refractivity contribution in [3.8, 4) is 0 Å². The summed E-state index contributed by atoms with van der Waals surface area (Å²) in [7, 11) is 0. The fourth-order valence-electron chi connectivity index (χ4n) is 2.68. The standard InChI is InChI=1S/C15H27N5/c1-4-5-14-17-13(16)10-15(18-14)20-8-6-19(7-9-20)11-12(2)3/h10,12H,4-9,11H2,1-3H3,(H2,16,17,18). The largest absolute Gasteiger partial charge is 0.384 e. The molecule has 0 spiro atoms. The summed E-state index contributed by atoms with van der Waals surface area (Å²) in [5.74, 6) is 3.17. The number of piperazine rings is 1. The second-order valence-electron chi connectivity index (χ2n) is 6.00. The van der Waals surface area contributed by atoms with Gasteiger partial charge in [0.25, 0.3) is 0 Å². The smallest absolute Gasteiger partial charge is 0.134 e. The number of rotatable bonds is 5. The highest BCUT2D eigenvalue weighted by Gasteiger charge is 2.19. The normalized spacial score (nSPS) is 16.9. The van der Waals surface area contributed by atoms with Gasteiger partial charge in [-0.1, -0.05) is 20.8 Å². The number of hydrogen-bond donors (Lipinski definition) is 1. The third-order valence-corrected chi connectivity index (χ3v) is 3.57. The molecule has 0 bridgehead atoms. The van der Waals surface area contributed by atoms with Crippen molar-refractivity contribution < 1.29 is 0 Å². The Labute approximate surface area is 122 Å². The lowest BCUT2D eigenvalue weighted by atomic mass is 10.2. The zero-order valence-corrected chi connectivity index (χ0v) is 13.0. The number of nitrogen functional groups attached to an aromatic ring is 1. The molecule has 20 heavy (non-hydrogen) atoms. The first-order valence-electron chi connectivity index (χ1n) is 7.69. The van der Waals surface area contributed by atoms with Crippen LogP contribution in [-0.2, 0) is 6.42 Å². The third kappa shape index (κ3) is 4.07. The summed E-state index contributed by atoms with van der Waals surface area (Å²) in [6.45, 7) is 12.1. The molecular weight excluding hydrogens is 250 g/mol. The lowest BCUT2D eigenvalue weighted by Gasteiger charge is -2.36. The molecule has 5 nitrogen and oxygen atoms in total. The quantitative estimate of drug-likeness (QED) is 0.889. The van der Waals surface area contributed by atoms with Crippen molar-refractivity contribution in [3.05, 3.63) is 11.9 Å². The molecule has 1 fully saturated rings. The van der Waals surface area contributed by atoms with E-state index in [0.29, 0.717) is 5.82 Å². The molecule has 2 N–H and O–H groups in total. The summed E-state index contributed by atoms with van der Waals surface area (Å²) in [6, 6.07) is 1.90. The monoisotopic (exact) mass is 277 g/mol. The van der Waals surface area contributed by atoms with E-state index in [-0.39, 0.29) is 0 Å². The second-order valence-corrected chi connectivity index (χ2v) is 6.00. The molecule has 0 aliphatic carbocycles. The molecule has 0 aromatic carbocycles. The molecule has 112 valence electrons. The predicted octanol–water partition coefficient (Wildman–Crippen LogP) is 1.79. The van der Waals surface area contributed by atoms with Crippen molar-refractivity contribution in [2.75, 3.05) is 43.4 Å². The van der Waals surface area contributed by atoms with Crippen LogP contribution in [-0.4, -0.2) is 47.6 Å². The van der Waals surface area contributed by atoms with Crippen molar-refractivity contribution in [1.29, 1.82) is 0 Å². The number of nitrogens with zero attached hydrogens (tertiary/aromatic N) is 4. The minimum Gasteiger partial charge on any atom is -0.384 e. The van der Waals surface area contributed by atoms with Crippen LogP contribution in [0.1, 0.15) is 33.0 Å². The zero-order chi connectivity index (χ0) is 14.5. The van der Waals surface area contributed by atoms with Crippen LogP contribution in [0, 0.1) is 5.92 Å². The summed E-state index contributed by atoms with van der Waals surface area (Å²) in [6.07, 6.45) is 1.94. The molecule has 0 saturated carbocycles. The van der Waals surface area contributed by atoms with Gasteiger partial charge in [0.1, 0.15) is 17.5 Å². The second kappa shape index (κ2) is 6.88. The maximum Gasteiger partial charge on any atom is 0.134 e. The lowest BCUT2D eigenvalue weighted by molar-refractivity contribution is 0.231. The number of aryl methyl sites for hydroxylation is 1. The molecule has 0 atom stereocenters. The molecule has 5 heteroatoms. The van der Waals surface area contributed by atoms with Gasteiger partial charge < -0.3 is 10.6 Å². The highest BCUT2D eigenvalue weighted by Crippen LogP contribution is 2.17. The van der Waals surface area contributed by atoms with Gasteiger partial charge in [-0.15, -0.1) is 0 Å². The van der Waals surface area contributed by atoms with Crippen molar-refractivity contribution in [3.63, 3.8) is 0 Å². The van der Waals surface area contributed by atoms with Crippen LogP contribution >= 0.6 is 0 Å². The molecular formula is C15H27N5. The number of nitrogens with two attached hydrogens (primary N) is 1. The Kier molecular flexibility index (Phi) is 5.17. The van der Waals surface area contributed by atoms with E-state index in [0.717, 1.165) is 56.6 Å². The Hall–Kier alpha value is -1.36. The van der Waals surface area contributed by atoms with Crippen LogP contribution < -0.4 is 10.6 Å². The predicted molar refractivity (Wildman–Crippen MR) is 83.9 cm³/mol. The van der Waals surface area contributed by atoms with E-state index < -0.39 is 0 Å². The van der Waals surface area contributed by atoms with E-state index in [9.17, 15) is 0 Å². The highest BCUT2D eigenvalue weighted by atomic mass is 15.3. The van der Waals surface area contributed by atoms with E-state index >= 15 is 0 Å². The van der Waals surface area contributed by atoms with Crippen molar-refractivity contribution in [1.82, 2.24) is 14.9 Å². The summed E-state index contributed by atoms with van der Waals surface area (Å²) < 4.78 is 0. The van der Waals surface area contributed by atoms with Crippen LogP contribution in [0.15, 0.2) is 6.07 Å². The van der Waals surface area contributed by atoms with Crippen LogP contribution in [0.4, 0.5) is 11.6 Å². The number of aromatic nitrogens is 2. The summed E-state index contributed by atoms with van der Waals surface area (Å²) in [5.41, 5.74) is 5.90. The van der Waals surface area contributed by atoms with Gasteiger partial charge in [-0.05, 0) is 12.3 Å². The van der Waals surface area contributed by atoms with Gasteiger partial charge in [0.05, 0.1) is 0 Å². The van der Waals surface area contributed by atoms with E-state index in [1.54, 1.807) is 0 Å². The van der Waals surface area contributed by atoms with Crippen LogP contribution in [0.25, 0.3) is 0 Å². The molecule has 2 rings (SSSR count). The molecule has 1 aromatic heterocycles. The summed E-state index contributed by atoms with van der Waals surface area (Å²) >= 11 is 0. The van der Waals surface area contributed by atoms with E-state index in [4.69, 9.17) is 5.73 Å². The molecule has 2 heterocycles. The first-order valence-corrected chi connectivity index (χ1v) is 7.69. The van der Waals surface area contributed by atoms with Crippen molar-refractivity contribution >= 4 is 11.6 Å². The average Bonchev–Trinajstić information content (AvgIpc) is 2.38. The molecule has 0 amide bonds. The van der Waals surface area contributed by atoms with E-state index in [1.165, 1.54) is 6.54 Å².